The maximum Gasteiger partial charge on any atom is 0.220 e. The van der Waals surface area contributed by atoms with Gasteiger partial charge in [-0.05, 0) is 19.3 Å². The highest BCUT2D eigenvalue weighted by Crippen LogP contribution is 2.33. The molecule has 19 heteroatoms. The molecule has 376 valence electrons. The van der Waals surface area contributed by atoms with Crippen LogP contribution in [0.15, 0.2) is 12.2 Å². The lowest BCUT2D eigenvalue weighted by atomic mass is 9.96. The first-order chi connectivity index (χ1) is 30.8. The van der Waals surface area contributed by atoms with Crippen LogP contribution in [0.1, 0.15) is 136 Å². The van der Waals surface area contributed by atoms with Crippen molar-refractivity contribution in [2.24, 2.45) is 0 Å². The highest BCUT2D eigenvalue weighted by Gasteiger charge is 2.53. The minimum absolute atomic E-state index is 0.246. The Labute approximate surface area is 378 Å². The van der Waals surface area contributed by atoms with E-state index < -0.39 is 124 Å². The van der Waals surface area contributed by atoms with Gasteiger partial charge in [0.15, 0.2) is 18.9 Å². The van der Waals surface area contributed by atoms with Gasteiger partial charge in [0.1, 0.15) is 73.2 Å². The van der Waals surface area contributed by atoms with E-state index in [1.165, 1.54) is 57.8 Å². The third-order valence-electron chi connectivity index (χ3n) is 12.3. The molecule has 17 unspecified atom stereocenters. The molecule has 0 aliphatic carbocycles. The molecule has 0 bridgehead atoms. The summed E-state index contributed by atoms with van der Waals surface area (Å²) in [7, 11) is 0. The number of carbonyl (C=O) groups excluding carboxylic acids is 1. The maximum atomic E-state index is 13.1. The third kappa shape index (κ3) is 18.2. The predicted molar refractivity (Wildman–Crippen MR) is 231 cm³/mol. The topological polar surface area (TPSA) is 307 Å². The SMILES string of the molecule is CCCCCC/C=C/C(O)C(COC1OC(CO)C(OC2OC(CO)C(OC3OC(CO)C(O)C(O)C3O)C(O)C2O)C(O)C1O)NC(=O)CCCCCCCCCCCCCCC. The maximum absolute atomic E-state index is 13.1. The second kappa shape index (κ2) is 31.6. The van der Waals surface area contributed by atoms with Gasteiger partial charge in [-0.3, -0.25) is 4.79 Å². The molecule has 0 saturated carbocycles. The average molecular weight is 926 g/mol. The number of hydrogen-bond acceptors (Lipinski definition) is 18. The molecule has 17 atom stereocenters. The summed E-state index contributed by atoms with van der Waals surface area (Å²) in [5.41, 5.74) is 0. The lowest BCUT2D eigenvalue weighted by molar-refractivity contribution is -0.379. The van der Waals surface area contributed by atoms with Gasteiger partial charge in [-0.25, -0.2) is 0 Å². The Balaban J connectivity index is 1.56. The minimum atomic E-state index is -1.97. The molecule has 0 aromatic carbocycles. The zero-order valence-corrected chi connectivity index (χ0v) is 38.0. The number of rotatable bonds is 32. The number of hydrogen-bond donors (Lipinski definition) is 12. The van der Waals surface area contributed by atoms with Crippen molar-refractivity contribution >= 4 is 5.91 Å². The van der Waals surface area contributed by atoms with Crippen molar-refractivity contribution in [2.75, 3.05) is 26.4 Å². The fraction of sp³-hybridized carbons (Fsp3) is 0.933. The van der Waals surface area contributed by atoms with E-state index in [-0.39, 0.29) is 18.9 Å². The Bertz CT molecular complexity index is 1250. The fourth-order valence-corrected chi connectivity index (χ4v) is 8.25. The molecule has 19 nitrogen and oxygen atoms in total. The first-order valence-electron chi connectivity index (χ1n) is 23.9. The van der Waals surface area contributed by atoms with Crippen LogP contribution in [0.3, 0.4) is 0 Å². The number of aliphatic hydroxyl groups excluding tert-OH is 11. The van der Waals surface area contributed by atoms with Crippen molar-refractivity contribution in [3.63, 3.8) is 0 Å². The Morgan fingerprint density at radius 2 is 0.969 bits per heavy atom. The zero-order chi connectivity index (χ0) is 47.0. The quantitative estimate of drug-likeness (QED) is 0.0319. The summed E-state index contributed by atoms with van der Waals surface area (Å²) in [4.78, 5) is 13.1. The molecule has 3 rings (SSSR count). The second-order valence-electron chi connectivity index (χ2n) is 17.6. The summed E-state index contributed by atoms with van der Waals surface area (Å²) in [6.45, 7) is 1.58. The van der Waals surface area contributed by atoms with Gasteiger partial charge in [0.2, 0.25) is 5.91 Å². The van der Waals surface area contributed by atoms with Crippen LogP contribution in [-0.4, -0.2) is 193 Å². The van der Waals surface area contributed by atoms with Gasteiger partial charge in [-0.15, -0.1) is 0 Å². The highest BCUT2D eigenvalue weighted by molar-refractivity contribution is 5.76. The standard InChI is InChI=1S/C45H83NO18/c1-3-5-7-9-11-12-13-14-15-16-17-19-21-23-33(51)46-28(29(50)22-20-18-10-8-6-4-2)27-59-43-39(57)36(54)41(31(25-48)61-43)64-45-40(58)37(55)42(32(26-49)62-45)63-44-38(56)35(53)34(52)30(24-47)60-44/h20,22,28-32,34-45,47-50,52-58H,3-19,21,23-27H2,1-2H3,(H,46,51)/b22-20+. The van der Waals surface area contributed by atoms with Gasteiger partial charge in [-0.2, -0.15) is 0 Å². The van der Waals surface area contributed by atoms with E-state index in [1.54, 1.807) is 6.08 Å². The first-order valence-corrected chi connectivity index (χ1v) is 23.9. The van der Waals surface area contributed by atoms with Crippen molar-refractivity contribution in [1.29, 1.82) is 0 Å². The lowest BCUT2D eigenvalue weighted by Gasteiger charge is -2.48. The number of nitrogens with one attached hydrogen (secondary N) is 1. The molecule has 3 heterocycles. The van der Waals surface area contributed by atoms with E-state index in [2.05, 4.69) is 19.2 Å². The summed E-state index contributed by atoms with van der Waals surface area (Å²) in [6.07, 6.45) is -2.95. The van der Waals surface area contributed by atoms with Crippen LogP contribution in [-0.2, 0) is 33.2 Å². The van der Waals surface area contributed by atoms with E-state index in [4.69, 9.17) is 28.4 Å². The Morgan fingerprint density at radius 3 is 1.47 bits per heavy atom. The van der Waals surface area contributed by atoms with Crippen molar-refractivity contribution in [1.82, 2.24) is 5.32 Å². The summed E-state index contributed by atoms with van der Waals surface area (Å²) >= 11 is 0. The molecule has 3 saturated heterocycles. The lowest BCUT2D eigenvalue weighted by Crippen LogP contribution is -2.66. The Morgan fingerprint density at radius 1 is 0.547 bits per heavy atom. The molecule has 0 radical (unpaired) electrons. The Hall–Kier alpha value is -1.47. The largest absolute Gasteiger partial charge is 0.394 e. The van der Waals surface area contributed by atoms with E-state index in [1.807, 2.05) is 6.08 Å². The van der Waals surface area contributed by atoms with Crippen molar-refractivity contribution < 1.29 is 89.4 Å². The molecular formula is C45H83NO18. The monoisotopic (exact) mass is 926 g/mol. The molecule has 12 N–H and O–H groups in total. The molecule has 1 amide bonds. The molecular weight excluding hydrogens is 842 g/mol. The van der Waals surface area contributed by atoms with E-state index >= 15 is 0 Å². The third-order valence-corrected chi connectivity index (χ3v) is 12.3. The number of carbonyl (C=O) groups is 1. The van der Waals surface area contributed by atoms with Gasteiger partial charge in [0.05, 0.1) is 38.6 Å². The van der Waals surface area contributed by atoms with Gasteiger partial charge >= 0.3 is 0 Å². The summed E-state index contributed by atoms with van der Waals surface area (Å²) in [5, 5.41) is 119. The van der Waals surface area contributed by atoms with Crippen molar-refractivity contribution in [3.8, 4) is 0 Å². The van der Waals surface area contributed by atoms with Crippen LogP contribution in [0.5, 0.6) is 0 Å². The van der Waals surface area contributed by atoms with Crippen LogP contribution in [0.25, 0.3) is 0 Å². The minimum Gasteiger partial charge on any atom is -0.394 e. The molecule has 64 heavy (non-hydrogen) atoms. The number of amides is 1. The van der Waals surface area contributed by atoms with Crippen LogP contribution >= 0.6 is 0 Å². The van der Waals surface area contributed by atoms with Crippen LogP contribution in [0, 0.1) is 0 Å². The molecule has 0 aromatic rings. The Kier molecular flexibility index (Phi) is 28.0. The molecule has 3 aliphatic rings. The zero-order valence-electron chi connectivity index (χ0n) is 38.0. The number of allylic oxidation sites excluding steroid dienone is 1. The average Bonchev–Trinajstić information content (AvgIpc) is 3.29. The molecule has 3 aliphatic heterocycles. The molecule has 0 aromatic heterocycles. The first kappa shape index (κ1) is 56.9. The van der Waals surface area contributed by atoms with Crippen LogP contribution in [0.2, 0.25) is 0 Å². The second-order valence-corrected chi connectivity index (χ2v) is 17.6. The van der Waals surface area contributed by atoms with Gasteiger partial charge in [0.25, 0.3) is 0 Å². The summed E-state index contributed by atoms with van der Waals surface area (Å²) in [6, 6.07) is -0.961. The summed E-state index contributed by atoms with van der Waals surface area (Å²) < 4.78 is 33.9. The summed E-state index contributed by atoms with van der Waals surface area (Å²) in [5.74, 6) is -0.283. The highest BCUT2D eigenvalue weighted by atomic mass is 16.8. The van der Waals surface area contributed by atoms with Crippen molar-refractivity contribution in [2.45, 2.75) is 240 Å². The smallest absolute Gasteiger partial charge is 0.220 e. The molecule has 0 spiro atoms. The number of aliphatic hydroxyl groups is 11. The number of unbranched alkanes of at least 4 members (excludes halogenated alkanes) is 16. The van der Waals surface area contributed by atoms with Crippen LogP contribution in [0.4, 0.5) is 0 Å². The van der Waals surface area contributed by atoms with E-state index in [0.717, 1.165) is 51.4 Å². The van der Waals surface area contributed by atoms with Gasteiger partial charge < -0.3 is 89.9 Å². The van der Waals surface area contributed by atoms with E-state index in [9.17, 15) is 61.0 Å². The van der Waals surface area contributed by atoms with Gasteiger partial charge in [-0.1, -0.05) is 122 Å². The molecule has 3 fully saturated rings. The number of ether oxygens (including phenoxy) is 6. The van der Waals surface area contributed by atoms with Gasteiger partial charge in [0, 0.05) is 6.42 Å². The van der Waals surface area contributed by atoms with E-state index in [0.29, 0.717) is 6.42 Å². The normalized spacial score (nSPS) is 34.5. The van der Waals surface area contributed by atoms with Crippen LogP contribution < -0.4 is 5.32 Å². The fourth-order valence-electron chi connectivity index (χ4n) is 8.25. The van der Waals surface area contributed by atoms with Crippen molar-refractivity contribution in [3.05, 3.63) is 12.2 Å². The predicted octanol–water partition coefficient (Wildman–Crippen LogP) is 0.305.